The lowest BCUT2D eigenvalue weighted by atomic mass is 10.2. The minimum absolute atomic E-state index is 0.188. The van der Waals surface area contributed by atoms with Crippen LogP contribution >= 0.6 is 0 Å². The van der Waals surface area contributed by atoms with E-state index < -0.39 is 6.18 Å². The van der Waals surface area contributed by atoms with Crippen LogP contribution in [-0.4, -0.2) is 12.4 Å². The van der Waals surface area contributed by atoms with E-state index in [1.807, 2.05) is 44.2 Å². The molecule has 86 valence electrons. The van der Waals surface area contributed by atoms with Crippen LogP contribution in [0.3, 0.4) is 0 Å². The van der Waals surface area contributed by atoms with Gasteiger partial charge in [-0.15, -0.1) is 0 Å². The molecular weight excluding hydrogens is 203 g/mol. The van der Waals surface area contributed by atoms with Crippen molar-refractivity contribution in [1.82, 2.24) is 0 Å². The largest absolute Gasteiger partial charge is 0.386 e. The first kappa shape index (κ1) is 16.1. The Labute approximate surface area is 88.4 Å². The molecule has 0 amide bonds. The predicted molar refractivity (Wildman–Crippen MR) is 57.4 cm³/mol. The minimum Gasteiger partial charge on any atom is -0.308 e. The fraction of sp³-hybridized carbons (Fsp3) is 0.364. The third kappa shape index (κ3) is 19.2. The molecule has 0 aliphatic rings. The molecule has 1 rings (SSSR count). The van der Waals surface area contributed by atoms with Gasteiger partial charge in [-0.3, -0.25) is 0 Å². The molecule has 0 heterocycles. The van der Waals surface area contributed by atoms with Gasteiger partial charge in [0.15, 0.2) is 0 Å². The summed E-state index contributed by atoms with van der Waals surface area (Å²) in [5, 5.41) is 6.82. The van der Waals surface area contributed by atoms with Gasteiger partial charge in [-0.05, 0) is 5.56 Å². The highest BCUT2D eigenvalue weighted by Gasteiger charge is 2.15. The molecule has 1 aromatic rings. The number of alkyl halides is 3. The lowest BCUT2D eigenvalue weighted by molar-refractivity contribution is -0.110. The van der Waals surface area contributed by atoms with Crippen LogP contribution in [0.4, 0.5) is 13.2 Å². The Hall–Kier alpha value is -1.32. The monoisotopic (exact) mass is 219 g/mol. The van der Waals surface area contributed by atoms with Gasteiger partial charge in [0.05, 0.1) is 0 Å². The third-order valence-electron chi connectivity index (χ3n) is 0.966. The topological polar surface area (TPSA) is 23.9 Å². The Morgan fingerprint density at radius 1 is 1.07 bits per heavy atom. The number of hydrogen-bond donors (Lipinski definition) is 1. The van der Waals surface area contributed by atoms with Crippen molar-refractivity contribution in [3.05, 3.63) is 35.9 Å². The fourth-order valence-electron chi connectivity index (χ4n) is 0.549. The highest BCUT2D eigenvalue weighted by Crippen LogP contribution is 2.10. The van der Waals surface area contributed by atoms with E-state index in [1.54, 1.807) is 0 Å². The van der Waals surface area contributed by atoms with Gasteiger partial charge in [-0.2, -0.15) is 13.2 Å². The Morgan fingerprint density at radius 2 is 1.40 bits per heavy atom. The summed E-state index contributed by atoms with van der Waals surface area (Å²) >= 11 is 0. The number of nitrogens with one attached hydrogen (secondary N) is 1. The van der Waals surface area contributed by atoms with Gasteiger partial charge in [0, 0.05) is 13.1 Å². The Kier molecular flexibility index (Phi) is 9.94. The average molecular weight is 219 g/mol. The number of rotatable bonds is 1. The van der Waals surface area contributed by atoms with Crippen LogP contribution < -0.4 is 0 Å². The predicted octanol–water partition coefficient (Wildman–Crippen LogP) is 4.28. The fourth-order valence-corrected chi connectivity index (χ4v) is 0.549. The van der Waals surface area contributed by atoms with Crippen LogP contribution in [0.1, 0.15) is 26.3 Å². The molecule has 4 heteroatoms. The van der Waals surface area contributed by atoms with Gasteiger partial charge in [0.25, 0.3) is 0 Å². The first-order valence-corrected chi connectivity index (χ1v) is 4.55. The van der Waals surface area contributed by atoms with Gasteiger partial charge in [0.2, 0.25) is 0 Å². The summed E-state index contributed by atoms with van der Waals surface area (Å²) in [7, 11) is 0. The summed E-state index contributed by atoms with van der Waals surface area (Å²) in [6.45, 7) is 4.19. The molecule has 0 spiro atoms. The Bertz CT molecular complexity index is 236. The smallest absolute Gasteiger partial charge is 0.308 e. The van der Waals surface area contributed by atoms with Crippen LogP contribution in [0.2, 0.25) is 0 Å². The summed E-state index contributed by atoms with van der Waals surface area (Å²) < 4.78 is 31.1. The van der Waals surface area contributed by atoms with Gasteiger partial charge in [-0.25, -0.2) is 0 Å². The van der Waals surface area contributed by atoms with Crippen LogP contribution in [0.25, 0.3) is 0 Å². The number of halogens is 3. The van der Waals surface area contributed by atoms with E-state index in [9.17, 15) is 13.2 Å². The van der Waals surface area contributed by atoms with Crippen LogP contribution in [-0.2, 0) is 0 Å². The minimum atomic E-state index is -4.00. The molecule has 0 unspecified atom stereocenters. The second kappa shape index (κ2) is 9.24. The second-order valence-electron chi connectivity index (χ2n) is 2.34. The number of benzene rings is 1. The molecule has 0 saturated heterocycles. The van der Waals surface area contributed by atoms with E-state index >= 15 is 0 Å². The standard InChI is InChI=1S/C7H7N.C2H3F3.C2H6/c8-6-7-4-2-1-3-5-7;1-2(3,4)5;1-2/h1-6,8H;1H3;1-2H3. The highest BCUT2D eigenvalue weighted by atomic mass is 19.4. The summed E-state index contributed by atoms with van der Waals surface area (Å²) in [5.41, 5.74) is 0.951. The quantitative estimate of drug-likeness (QED) is 0.682. The third-order valence-corrected chi connectivity index (χ3v) is 0.966. The molecule has 0 radical (unpaired) electrons. The van der Waals surface area contributed by atoms with Crippen molar-refractivity contribution >= 4 is 6.21 Å². The van der Waals surface area contributed by atoms with Gasteiger partial charge in [0.1, 0.15) is 0 Å². The van der Waals surface area contributed by atoms with E-state index in [-0.39, 0.29) is 6.92 Å². The van der Waals surface area contributed by atoms with Crippen LogP contribution in [0.5, 0.6) is 0 Å². The maximum absolute atomic E-state index is 10.4. The van der Waals surface area contributed by atoms with Crippen LogP contribution in [0.15, 0.2) is 30.3 Å². The lowest BCUT2D eigenvalue weighted by Crippen LogP contribution is -1.95. The van der Waals surface area contributed by atoms with E-state index in [4.69, 9.17) is 5.41 Å². The SMILES string of the molecule is CC.CC(F)(F)F.N=Cc1ccccc1. The van der Waals surface area contributed by atoms with Gasteiger partial charge >= 0.3 is 6.18 Å². The lowest BCUT2D eigenvalue weighted by Gasteiger charge is -1.88. The molecule has 0 fully saturated rings. The maximum atomic E-state index is 10.4. The molecule has 1 nitrogen and oxygen atoms in total. The molecule has 1 N–H and O–H groups in total. The van der Waals surface area contributed by atoms with Crippen molar-refractivity contribution in [1.29, 1.82) is 5.41 Å². The molecule has 0 aliphatic heterocycles. The highest BCUT2D eigenvalue weighted by molar-refractivity contribution is 5.76. The molecule has 0 atom stereocenters. The summed E-state index contributed by atoms with van der Waals surface area (Å²) in [4.78, 5) is 0. The van der Waals surface area contributed by atoms with Crippen molar-refractivity contribution in [2.45, 2.75) is 26.9 Å². The summed E-state index contributed by atoms with van der Waals surface area (Å²) in [6, 6.07) is 9.56. The molecule has 1 aromatic carbocycles. The van der Waals surface area contributed by atoms with Crippen molar-refractivity contribution in [2.75, 3.05) is 0 Å². The van der Waals surface area contributed by atoms with E-state index in [0.717, 1.165) is 5.56 Å². The Balaban J connectivity index is 0. The summed E-state index contributed by atoms with van der Waals surface area (Å²) in [6.07, 6.45) is -2.67. The van der Waals surface area contributed by atoms with E-state index in [2.05, 4.69) is 0 Å². The molecule has 0 aliphatic carbocycles. The zero-order valence-electron chi connectivity index (χ0n) is 9.10. The molecule has 0 saturated carbocycles. The maximum Gasteiger partial charge on any atom is 0.386 e. The summed E-state index contributed by atoms with van der Waals surface area (Å²) in [5.74, 6) is 0. The van der Waals surface area contributed by atoms with Crippen molar-refractivity contribution in [2.24, 2.45) is 0 Å². The van der Waals surface area contributed by atoms with Crippen molar-refractivity contribution in [3.8, 4) is 0 Å². The van der Waals surface area contributed by atoms with E-state index in [0.29, 0.717) is 0 Å². The van der Waals surface area contributed by atoms with Crippen molar-refractivity contribution < 1.29 is 13.2 Å². The molecule has 15 heavy (non-hydrogen) atoms. The van der Waals surface area contributed by atoms with Gasteiger partial charge in [-0.1, -0.05) is 44.2 Å². The zero-order valence-corrected chi connectivity index (χ0v) is 9.10. The normalized spacial score (nSPS) is 8.93. The zero-order chi connectivity index (χ0) is 12.3. The second-order valence-corrected chi connectivity index (χ2v) is 2.34. The molecular formula is C11H16F3N. The van der Waals surface area contributed by atoms with E-state index in [1.165, 1.54) is 6.21 Å². The molecule has 0 aromatic heterocycles. The first-order chi connectivity index (χ1) is 6.93. The average Bonchev–Trinajstić information content (AvgIpc) is 2.20. The van der Waals surface area contributed by atoms with Gasteiger partial charge < -0.3 is 5.41 Å². The van der Waals surface area contributed by atoms with Crippen molar-refractivity contribution in [3.63, 3.8) is 0 Å². The first-order valence-electron chi connectivity index (χ1n) is 4.55. The van der Waals surface area contributed by atoms with Crippen LogP contribution in [0, 0.1) is 5.41 Å². The molecule has 0 bridgehead atoms. The number of hydrogen-bond acceptors (Lipinski definition) is 1. The Morgan fingerprint density at radius 3 is 1.60 bits per heavy atom.